The fourth-order valence-electron chi connectivity index (χ4n) is 3.51. The number of aliphatic hydroxyl groups is 2. The zero-order valence-electron chi connectivity index (χ0n) is 18.2. The predicted molar refractivity (Wildman–Crippen MR) is 117 cm³/mol. The molecule has 2 aromatic carbocycles. The summed E-state index contributed by atoms with van der Waals surface area (Å²) < 4.78 is 33.5. The molecule has 0 heterocycles. The summed E-state index contributed by atoms with van der Waals surface area (Å²) in [5.74, 6) is -2.94. The van der Waals surface area contributed by atoms with E-state index in [4.69, 9.17) is 4.74 Å². The highest BCUT2D eigenvalue weighted by atomic mass is 19.3. The third-order valence-corrected chi connectivity index (χ3v) is 5.40. The summed E-state index contributed by atoms with van der Waals surface area (Å²) in [4.78, 5) is 0. The Morgan fingerprint density at radius 2 is 1.68 bits per heavy atom. The molecule has 1 unspecified atom stereocenters. The topological polar surface area (TPSA) is 69.9 Å². The van der Waals surface area contributed by atoms with Gasteiger partial charge in [-0.2, -0.15) is 8.78 Å². The highest BCUT2D eigenvalue weighted by Gasteiger charge is 2.31. The second-order valence-electron chi connectivity index (χ2n) is 8.10. The number of aryl methyl sites for hydroxylation is 1. The van der Waals surface area contributed by atoms with Crippen LogP contribution in [-0.4, -0.2) is 28.5 Å². The number of halogens is 2. The fourth-order valence-corrected chi connectivity index (χ4v) is 3.51. The molecule has 0 saturated heterocycles. The number of hydrogen-bond acceptors (Lipinski definition) is 4. The van der Waals surface area contributed by atoms with E-state index in [0.717, 1.165) is 44.1 Å². The molecule has 0 aliphatic heterocycles. The van der Waals surface area contributed by atoms with Crippen LogP contribution in [0, 0.1) is 6.92 Å². The van der Waals surface area contributed by atoms with Gasteiger partial charge in [0.25, 0.3) is 5.92 Å². The van der Waals surface area contributed by atoms with E-state index in [1.807, 2.05) is 0 Å². The molecule has 172 valence electrons. The molecule has 0 spiro atoms. The maximum absolute atomic E-state index is 14.1. The van der Waals surface area contributed by atoms with Crippen LogP contribution in [-0.2, 0) is 17.3 Å². The van der Waals surface area contributed by atoms with Gasteiger partial charge in [-0.1, -0.05) is 68.0 Å². The van der Waals surface area contributed by atoms with Crippen molar-refractivity contribution < 1.29 is 28.8 Å². The van der Waals surface area contributed by atoms with E-state index in [1.165, 1.54) is 18.2 Å². The van der Waals surface area contributed by atoms with Crippen LogP contribution in [0.25, 0.3) is 0 Å². The maximum atomic E-state index is 14.1. The smallest absolute Gasteiger partial charge is 0.296 e. The third-order valence-electron chi connectivity index (χ3n) is 5.40. The molecule has 0 aromatic heterocycles. The first-order valence-electron chi connectivity index (χ1n) is 11.0. The summed E-state index contributed by atoms with van der Waals surface area (Å²) in [6.07, 6.45) is 5.55. The minimum Gasteiger partial charge on any atom is -0.508 e. The molecule has 1 atom stereocenters. The van der Waals surface area contributed by atoms with Gasteiger partial charge in [0.2, 0.25) is 0 Å². The predicted octanol–water partition coefficient (Wildman–Crippen LogP) is 5.77. The molecule has 31 heavy (non-hydrogen) atoms. The monoisotopic (exact) mass is 436 g/mol. The molecular formula is C25H34F2O4. The van der Waals surface area contributed by atoms with Gasteiger partial charge >= 0.3 is 0 Å². The van der Waals surface area contributed by atoms with E-state index < -0.39 is 18.6 Å². The van der Waals surface area contributed by atoms with Crippen LogP contribution in [0.4, 0.5) is 8.78 Å². The zero-order chi connectivity index (χ0) is 22.7. The van der Waals surface area contributed by atoms with E-state index in [-0.39, 0.29) is 17.9 Å². The fraction of sp³-hybridized carbons (Fsp3) is 0.520. The highest BCUT2D eigenvalue weighted by Crippen LogP contribution is 2.29. The summed E-state index contributed by atoms with van der Waals surface area (Å²) >= 11 is 0. The van der Waals surface area contributed by atoms with Crippen molar-refractivity contribution in [1.29, 1.82) is 0 Å². The Kier molecular flexibility index (Phi) is 10.4. The standard InChI is InChI=1S/C25H34F2O4/c1-19-9-8-10-22(15-19)25(26,27)18-31-14-7-5-3-2-4-6-11-23(29)20-12-13-24(30)21(16-20)17-28/h8-10,12-13,15-16,23,28-30H,2-7,11,14,17-18H2,1H3. The van der Waals surface area contributed by atoms with Gasteiger partial charge < -0.3 is 20.1 Å². The second-order valence-corrected chi connectivity index (χ2v) is 8.10. The Labute approximate surface area is 183 Å². The Morgan fingerprint density at radius 3 is 2.39 bits per heavy atom. The van der Waals surface area contributed by atoms with Crippen LogP contribution in [0.2, 0.25) is 0 Å². The number of unbranched alkanes of at least 4 members (excludes halogenated alkanes) is 5. The van der Waals surface area contributed by atoms with Gasteiger partial charge in [0.05, 0.1) is 12.7 Å². The minimum absolute atomic E-state index is 0.00502. The summed E-state index contributed by atoms with van der Waals surface area (Å²) in [7, 11) is 0. The molecule has 4 nitrogen and oxygen atoms in total. The van der Waals surface area contributed by atoms with Crippen LogP contribution in [0.3, 0.4) is 0 Å². The van der Waals surface area contributed by atoms with Crippen molar-refractivity contribution in [2.45, 2.75) is 70.5 Å². The average Bonchev–Trinajstić information content (AvgIpc) is 2.75. The van der Waals surface area contributed by atoms with Gasteiger partial charge in [-0.05, 0) is 37.5 Å². The molecule has 0 aliphatic rings. The van der Waals surface area contributed by atoms with Gasteiger partial charge in [0.1, 0.15) is 12.4 Å². The lowest BCUT2D eigenvalue weighted by molar-refractivity contribution is -0.0831. The molecule has 0 aliphatic carbocycles. The van der Waals surface area contributed by atoms with E-state index in [1.54, 1.807) is 31.2 Å². The number of aromatic hydroxyl groups is 1. The lowest BCUT2D eigenvalue weighted by Gasteiger charge is -2.17. The van der Waals surface area contributed by atoms with Crippen molar-refractivity contribution in [3.05, 3.63) is 64.7 Å². The largest absolute Gasteiger partial charge is 0.508 e. The van der Waals surface area contributed by atoms with Crippen molar-refractivity contribution in [2.75, 3.05) is 13.2 Å². The molecule has 0 radical (unpaired) electrons. The number of benzene rings is 2. The molecular weight excluding hydrogens is 402 g/mol. The van der Waals surface area contributed by atoms with E-state index in [2.05, 4.69) is 0 Å². The Balaban J connectivity index is 1.52. The normalized spacial score (nSPS) is 12.8. The first kappa shape index (κ1) is 25.2. The lowest BCUT2D eigenvalue weighted by atomic mass is 10.00. The summed E-state index contributed by atoms with van der Waals surface area (Å²) in [5.41, 5.74) is 1.91. The number of aliphatic hydroxyl groups excluding tert-OH is 2. The van der Waals surface area contributed by atoms with Crippen molar-refractivity contribution >= 4 is 0 Å². The van der Waals surface area contributed by atoms with Crippen LogP contribution in [0.15, 0.2) is 42.5 Å². The second kappa shape index (κ2) is 12.7. The molecule has 2 rings (SSSR count). The summed E-state index contributed by atoms with van der Waals surface area (Å²) in [6.45, 7) is 1.26. The molecule has 0 saturated carbocycles. The van der Waals surface area contributed by atoms with Gasteiger partial charge in [0, 0.05) is 17.7 Å². The quantitative estimate of drug-likeness (QED) is 0.329. The van der Waals surface area contributed by atoms with Crippen LogP contribution >= 0.6 is 0 Å². The number of phenols is 1. The Bertz CT molecular complexity index is 795. The van der Waals surface area contributed by atoms with Gasteiger partial charge in [-0.15, -0.1) is 0 Å². The molecule has 0 bridgehead atoms. The van der Waals surface area contributed by atoms with Gasteiger partial charge in [-0.25, -0.2) is 0 Å². The van der Waals surface area contributed by atoms with Crippen LogP contribution < -0.4 is 0 Å². The van der Waals surface area contributed by atoms with Crippen molar-refractivity contribution in [2.24, 2.45) is 0 Å². The zero-order valence-corrected chi connectivity index (χ0v) is 18.2. The molecule has 6 heteroatoms. The number of ether oxygens (including phenoxy) is 1. The number of hydrogen-bond donors (Lipinski definition) is 3. The Morgan fingerprint density at radius 1 is 0.968 bits per heavy atom. The van der Waals surface area contributed by atoms with Crippen molar-refractivity contribution in [1.82, 2.24) is 0 Å². The maximum Gasteiger partial charge on any atom is 0.296 e. The third kappa shape index (κ3) is 8.56. The highest BCUT2D eigenvalue weighted by molar-refractivity contribution is 5.36. The molecule has 0 fully saturated rings. The average molecular weight is 437 g/mol. The first-order chi connectivity index (χ1) is 14.8. The van der Waals surface area contributed by atoms with Crippen molar-refractivity contribution in [3.63, 3.8) is 0 Å². The van der Waals surface area contributed by atoms with Gasteiger partial charge in [0.15, 0.2) is 0 Å². The van der Waals surface area contributed by atoms with E-state index in [0.29, 0.717) is 24.2 Å². The molecule has 3 N–H and O–H groups in total. The van der Waals surface area contributed by atoms with Crippen LogP contribution in [0.1, 0.15) is 73.3 Å². The summed E-state index contributed by atoms with van der Waals surface area (Å²) in [5, 5.41) is 29.0. The molecule has 0 amide bonds. The van der Waals surface area contributed by atoms with E-state index in [9.17, 15) is 24.1 Å². The SMILES string of the molecule is Cc1cccc(C(F)(F)COCCCCCCCCC(O)c2ccc(O)c(CO)c2)c1. The minimum atomic E-state index is -2.97. The lowest BCUT2D eigenvalue weighted by Crippen LogP contribution is -2.21. The Hall–Kier alpha value is -2.02. The summed E-state index contributed by atoms with van der Waals surface area (Å²) in [6, 6.07) is 11.1. The number of alkyl halides is 2. The molecule has 2 aromatic rings. The van der Waals surface area contributed by atoms with E-state index >= 15 is 0 Å². The number of rotatable bonds is 14. The van der Waals surface area contributed by atoms with Gasteiger partial charge in [-0.3, -0.25) is 0 Å². The van der Waals surface area contributed by atoms with Crippen LogP contribution in [0.5, 0.6) is 5.75 Å². The first-order valence-corrected chi connectivity index (χ1v) is 11.0. The van der Waals surface area contributed by atoms with Crippen molar-refractivity contribution in [3.8, 4) is 5.75 Å².